The van der Waals surface area contributed by atoms with E-state index in [1.807, 2.05) is 48.7 Å². The Kier molecular flexibility index (Phi) is 6.38. The summed E-state index contributed by atoms with van der Waals surface area (Å²) in [6, 6.07) is 13.9. The van der Waals surface area contributed by atoms with Gasteiger partial charge in [0.1, 0.15) is 0 Å². The first-order valence-electron chi connectivity index (χ1n) is 7.97. The zero-order chi connectivity index (χ0) is 18.4. The third-order valence-corrected chi connectivity index (χ3v) is 4.55. The van der Waals surface area contributed by atoms with Crippen LogP contribution in [0.25, 0.3) is 5.69 Å². The van der Waals surface area contributed by atoms with Crippen LogP contribution in [0.15, 0.2) is 34.8 Å². The van der Waals surface area contributed by atoms with E-state index in [0.717, 1.165) is 21.5 Å². The fourth-order valence-electron chi connectivity index (χ4n) is 2.82. The number of benzene rings is 1. The quantitative estimate of drug-likeness (QED) is 0.733. The van der Waals surface area contributed by atoms with E-state index in [-0.39, 0.29) is 18.7 Å². The molecule has 0 fully saturated rings. The molecule has 0 bridgehead atoms. The van der Waals surface area contributed by atoms with E-state index < -0.39 is 0 Å². The molecule has 2 rings (SSSR count). The second kappa shape index (κ2) is 8.50. The Morgan fingerprint density at radius 1 is 1.12 bits per heavy atom. The lowest BCUT2D eigenvalue weighted by Crippen LogP contribution is -2.33. The molecule has 128 valence electrons. The van der Waals surface area contributed by atoms with Crippen molar-refractivity contribution in [1.82, 2.24) is 9.47 Å². The van der Waals surface area contributed by atoms with Gasteiger partial charge in [-0.15, -0.1) is 0 Å². The minimum Gasteiger partial charge on any atom is -0.337 e. The molecule has 0 aliphatic carbocycles. The van der Waals surface area contributed by atoms with Gasteiger partial charge in [0.15, 0.2) is 0 Å². The summed E-state index contributed by atoms with van der Waals surface area (Å²) >= 11 is 3.43. The zero-order valence-electron chi connectivity index (χ0n) is 14.3. The van der Waals surface area contributed by atoms with Crippen LogP contribution in [0.2, 0.25) is 0 Å². The molecule has 0 atom stereocenters. The Bertz CT molecular complexity index is 822. The van der Waals surface area contributed by atoms with Crippen molar-refractivity contribution in [3.63, 3.8) is 0 Å². The van der Waals surface area contributed by atoms with Crippen LogP contribution < -0.4 is 0 Å². The summed E-state index contributed by atoms with van der Waals surface area (Å²) in [5, 5.41) is 17.6. The number of carbonyl (C=O) groups excluding carboxylic acids is 1. The lowest BCUT2D eigenvalue weighted by molar-refractivity contribution is 0.0762. The van der Waals surface area contributed by atoms with Crippen LogP contribution in [-0.4, -0.2) is 28.5 Å². The van der Waals surface area contributed by atoms with Gasteiger partial charge in [0.2, 0.25) is 0 Å². The first kappa shape index (κ1) is 18.8. The van der Waals surface area contributed by atoms with Gasteiger partial charge in [-0.05, 0) is 44.2 Å². The Morgan fingerprint density at radius 3 is 2.20 bits per heavy atom. The number of hydrogen-bond donors (Lipinski definition) is 0. The zero-order valence-corrected chi connectivity index (χ0v) is 15.9. The SMILES string of the molecule is Cc1cc(C(=O)N(CCC#N)CCC#N)c(C)n1-c1ccc(Br)cc1. The summed E-state index contributed by atoms with van der Waals surface area (Å²) in [5.74, 6) is -0.137. The van der Waals surface area contributed by atoms with E-state index >= 15 is 0 Å². The summed E-state index contributed by atoms with van der Waals surface area (Å²) in [6.07, 6.45) is 0.505. The van der Waals surface area contributed by atoms with Gasteiger partial charge in [0.25, 0.3) is 5.91 Å². The molecule has 25 heavy (non-hydrogen) atoms. The Labute approximate surface area is 156 Å². The van der Waals surface area contributed by atoms with Gasteiger partial charge in [0.05, 0.1) is 30.5 Å². The van der Waals surface area contributed by atoms with Crippen LogP contribution in [0, 0.1) is 36.5 Å². The molecule has 1 aromatic carbocycles. The number of halogens is 1. The molecule has 2 aromatic rings. The first-order valence-corrected chi connectivity index (χ1v) is 8.77. The average molecular weight is 399 g/mol. The van der Waals surface area contributed by atoms with Crippen molar-refractivity contribution in [3.8, 4) is 17.8 Å². The van der Waals surface area contributed by atoms with Gasteiger partial charge >= 0.3 is 0 Å². The smallest absolute Gasteiger partial charge is 0.255 e. The first-order chi connectivity index (χ1) is 12.0. The molecule has 1 aromatic heterocycles. The minimum atomic E-state index is -0.137. The monoisotopic (exact) mass is 398 g/mol. The third-order valence-electron chi connectivity index (χ3n) is 4.02. The molecule has 0 N–H and O–H groups in total. The lowest BCUT2D eigenvalue weighted by atomic mass is 10.2. The number of aromatic nitrogens is 1. The van der Waals surface area contributed by atoms with E-state index in [0.29, 0.717) is 18.7 Å². The number of rotatable bonds is 6. The van der Waals surface area contributed by atoms with Crippen LogP contribution in [0.1, 0.15) is 34.6 Å². The Balaban J connectivity index is 2.37. The number of nitrogens with zero attached hydrogens (tertiary/aromatic N) is 4. The highest BCUT2D eigenvalue weighted by molar-refractivity contribution is 9.10. The summed E-state index contributed by atoms with van der Waals surface area (Å²) in [5.41, 5.74) is 3.40. The van der Waals surface area contributed by atoms with E-state index in [9.17, 15) is 4.79 Å². The van der Waals surface area contributed by atoms with E-state index in [1.165, 1.54) is 0 Å². The van der Waals surface area contributed by atoms with Crippen LogP contribution in [-0.2, 0) is 0 Å². The fourth-order valence-corrected chi connectivity index (χ4v) is 3.09. The summed E-state index contributed by atoms with van der Waals surface area (Å²) in [4.78, 5) is 14.5. The highest BCUT2D eigenvalue weighted by Crippen LogP contribution is 2.23. The van der Waals surface area contributed by atoms with Crippen molar-refractivity contribution in [2.75, 3.05) is 13.1 Å². The maximum Gasteiger partial charge on any atom is 0.255 e. The van der Waals surface area contributed by atoms with Crippen LogP contribution >= 0.6 is 15.9 Å². The number of aryl methyl sites for hydroxylation is 1. The molecular weight excluding hydrogens is 380 g/mol. The van der Waals surface area contributed by atoms with Crippen molar-refractivity contribution in [2.45, 2.75) is 26.7 Å². The van der Waals surface area contributed by atoms with Crippen molar-refractivity contribution in [2.24, 2.45) is 0 Å². The van der Waals surface area contributed by atoms with Crippen molar-refractivity contribution < 1.29 is 4.79 Å². The number of carbonyl (C=O) groups is 1. The van der Waals surface area contributed by atoms with Crippen LogP contribution in [0.5, 0.6) is 0 Å². The van der Waals surface area contributed by atoms with Gasteiger partial charge < -0.3 is 9.47 Å². The predicted molar refractivity (Wildman–Crippen MR) is 99.3 cm³/mol. The minimum absolute atomic E-state index is 0.137. The Morgan fingerprint density at radius 2 is 1.68 bits per heavy atom. The second-order valence-corrected chi connectivity index (χ2v) is 6.62. The lowest BCUT2D eigenvalue weighted by Gasteiger charge is -2.20. The third kappa shape index (κ3) is 4.29. The van der Waals surface area contributed by atoms with Crippen molar-refractivity contribution in [1.29, 1.82) is 10.5 Å². The molecule has 0 spiro atoms. The normalized spacial score (nSPS) is 10.1. The van der Waals surface area contributed by atoms with Gasteiger partial charge in [-0.25, -0.2) is 0 Å². The molecule has 0 saturated carbocycles. The van der Waals surface area contributed by atoms with E-state index in [4.69, 9.17) is 10.5 Å². The van der Waals surface area contributed by atoms with E-state index in [2.05, 4.69) is 28.1 Å². The summed E-state index contributed by atoms with van der Waals surface area (Å²) < 4.78 is 3.03. The molecular formula is C19H19BrN4O. The molecule has 6 heteroatoms. The van der Waals surface area contributed by atoms with Crippen molar-refractivity contribution in [3.05, 3.63) is 51.8 Å². The topological polar surface area (TPSA) is 72.8 Å². The highest BCUT2D eigenvalue weighted by Gasteiger charge is 2.21. The number of hydrogen-bond acceptors (Lipinski definition) is 3. The second-order valence-electron chi connectivity index (χ2n) is 5.71. The molecule has 1 heterocycles. The molecule has 0 aliphatic heterocycles. The Hall–Kier alpha value is -2.57. The molecule has 1 amide bonds. The fraction of sp³-hybridized carbons (Fsp3) is 0.316. The van der Waals surface area contributed by atoms with Crippen LogP contribution in [0.3, 0.4) is 0 Å². The number of amides is 1. The van der Waals surface area contributed by atoms with Gasteiger partial charge in [-0.2, -0.15) is 10.5 Å². The predicted octanol–water partition coefficient (Wildman–Crippen LogP) is 4.13. The molecule has 0 saturated heterocycles. The standard InChI is InChI=1S/C19H19BrN4O/c1-14-13-18(19(25)23(11-3-9-21)12-4-10-22)15(2)24(14)17-7-5-16(20)6-8-17/h5-8,13H,3-4,11-12H2,1-2H3. The highest BCUT2D eigenvalue weighted by atomic mass is 79.9. The average Bonchev–Trinajstić information content (AvgIpc) is 2.90. The van der Waals surface area contributed by atoms with E-state index in [1.54, 1.807) is 4.90 Å². The van der Waals surface area contributed by atoms with Gasteiger partial charge in [0, 0.05) is 34.6 Å². The van der Waals surface area contributed by atoms with Gasteiger partial charge in [-0.3, -0.25) is 4.79 Å². The molecule has 0 radical (unpaired) electrons. The molecule has 0 unspecified atom stereocenters. The number of nitriles is 2. The maximum atomic E-state index is 12.9. The van der Waals surface area contributed by atoms with Crippen molar-refractivity contribution >= 4 is 21.8 Å². The van der Waals surface area contributed by atoms with Gasteiger partial charge in [-0.1, -0.05) is 15.9 Å². The summed E-state index contributed by atoms with van der Waals surface area (Å²) in [7, 11) is 0. The van der Waals surface area contributed by atoms with Crippen LogP contribution in [0.4, 0.5) is 0 Å². The largest absolute Gasteiger partial charge is 0.337 e. The molecule has 0 aliphatic rings. The molecule has 5 nitrogen and oxygen atoms in total. The summed E-state index contributed by atoms with van der Waals surface area (Å²) in [6.45, 7) is 4.54. The maximum absolute atomic E-state index is 12.9.